The van der Waals surface area contributed by atoms with Crippen molar-refractivity contribution in [3.05, 3.63) is 93.5 Å². The van der Waals surface area contributed by atoms with E-state index in [-0.39, 0.29) is 48.1 Å². The minimum atomic E-state index is -4.73. The molecule has 0 aliphatic carbocycles. The van der Waals surface area contributed by atoms with Gasteiger partial charge < -0.3 is 23.6 Å². The zero-order chi connectivity index (χ0) is 47.9. The van der Waals surface area contributed by atoms with Crippen molar-refractivity contribution >= 4 is 58.1 Å². The number of esters is 2. The number of benzene rings is 3. The second kappa shape index (κ2) is 27.7. The van der Waals surface area contributed by atoms with Crippen molar-refractivity contribution in [3.8, 4) is 11.5 Å². The summed E-state index contributed by atoms with van der Waals surface area (Å²) in [4.78, 5) is 51.2. The topological polar surface area (TPSA) is 183 Å². The fourth-order valence-electron chi connectivity index (χ4n) is 4.94. The van der Waals surface area contributed by atoms with Crippen molar-refractivity contribution < 1.29 is 71.5 Å². The number of hydrogen-bond acceptors (Lipinski definition) is 10. The summed E-state index contributed by atoms with van der Waals surface area (Å²) >= 11 is 2.98. The molecule has 0 atom stereocenters. The highest BCUT2D eigenvalue weighted by Gasteiger charge is 2.21. The molecule has 0 heterocycles. The van der Waals surface area contributed by atoms with Gasteiger partial charge in [-0.1, -0.05) is 40.5 Å². The number of carboxylic acids is 1. The Morgan fingerprint density at radius 3 is 1.39 bits per heavy atom. The molecule has 3 aromatic rings. The van der Waals surface area contributed by atoms with E-state index in [2.05, 4.69) is 19.3 Å². The first-order valence-electron chi connectivity index (χ1n) is 19.4. The number of aliphatic carboxylic acids is 1. The van der Waals surface area contributed by atoms with Gasteiger partial charge in [-0.2, -0.15) is 0 Å². The maximum Gasteiger partial charge on any atom is 0.524 e. The molecular weight excluding hydrogens is 927 g/mol. The van der Waals surface area contributed by atoms with E-state index in [0.717, 1.165) is 11.1 Å². The lowest BCUT2D eigenvalue weighted by Gasteiger charge is -2.20. The Kier molecular flexibility index (Phi) is 25.3. The van der Waals surface area contributed by atoms with Crippen LogP contribution in [0.2, 0.25) is 0 Å². The number of alkyl halides is 3. The molecule has 0 bridgehead atoms. The Bertz CT molecular complexity index is 1970. The van der Waals surface area contributed by atoms with Gasteiger partial charge >= 0.3 is 25.7 Å². The van der Waals surface area contributed by atoms with E-state index in [0.29, 0.717) is 47.9 Å². The Balaban J connectivity index is 0.000000866. The molecule has 0 aromatic heterocycles. The number of carboxylic acid groups (broad SMARTS) is 1. The molecule has 12 nitrogen and oxygen atoms in total. The molecule has 0 aliphatic rings. The standard InChI is InChI=1S/C16H24FO4P.C15H21FO2.C10H12FO6P.CH3BrS/c1-16(2,3)20-15(18)9-7-13-10-12(11-17)6-8-14(13)21-22(4,5)19;1-11-5-6-12(10-16)9-13(11)7-8-14(17)18-15(2,3)4;11-6-7-1-3-9(17-18(14,15)16)8(5-7)2-4-10(12)13;1-3-2/h6,8,10H,7,9,11H2,1-5H3;5-6,9H,7-8,10H2,1-4H3;1,3,5H,2,4,6H2,(H,12,13)(H2,14,15,16);1H3/i;;;1T. The minimum Gasteiger partial charge on any atom is -0.481 e. The highest BCUT2D eigenvalue weighted by atomic mass is 79.9. The lowest BCUT2D eigenvalue weighted by molar-refractivity contribution is -0.155. The van der Waals surface area contributed by atoms with E-state index in [1.807, 2.05) is 39.8 Å². The second-order valence-corrected chi connectivity index (χ2v) is 21.1. The van der Waals surface area contributed by atoms with Gasteiger partial charge in [0.2, 0.25) is 7.37 Å². The average Bonchev–Trinajstić information content (AvgIpc) is 3.15. The minimum absolute atomic E-state index is 0.00148. The molecule has 0 aliphatic heterocycles. The number of carbonyl (C=O) groups excluding carboxylic acids is 2. The lowest BCUT2D eigenvalue weighted by Crippen LogP contribution is -2.24. The number of hydrogen-bond donors (Lipinski definition) is 3. The molecule has 0 unspecified atom stereocenters. The van der Waals surface area contributed by atoms with Gasteiger partial charge in [-0.25, -0.2) is 17.7 Å². The van der Waals surface area contributed by atoms with Crippen molar-refractivity contribution in [2.45, 2.75) is 118 Å². The smallest absolute Gasteiger partial charge is 0.481 e. The quantitative estimate of drug-likeness (QED) is 0.0911. The average molecular weight is 990 g/mol. The molecule has 0 fully saturated rings. The van der Waals surface area contributed by atoms with Gasteiger partial charge in [0, 0.05) is 34.0 Å². The van der Waals surface area contributed by atoms with Crippen LogP contribution in [0, 0.1) is 6.92 Å². The zero-order valence-electron chi connectivity index (χ0n) is 37.1. The van der Waals surface area contributed by atoms with Crippen molar-refractivity contribution in [1.29, 1.82) is 0 Å². The van der Waals surface area contributed by atoms with E-state index in [1.165, 1.54) is 41.7 Å². The van der Waals surface area contributed by atoms with Crippen LogP contribution in [0.15, 0.2) is 54.6 Å². The molecule has 0 radical (unpaired) electrons. The molecular formula is C42H60BrF3O12P2S. The van der Waals surface area contributed by atoms with Gasteiger partial charge in [-0.05, 0) is 152 Å². The van der Waals surface area contributed by atoms with Crippen molar-refractivity contribution in [1.82, 2.24) is 0 Å². The molecule has 0 spiro atoms. The summed E-state index contributed by atoms with van der Waals surface area (Å²) in [5.74, 6) is -1.33. The van der Waals surface area contributed by atoms with Crippen molar-refractivity contribution in [2.75, 3.05) is 19.6 Å². The van der Waals surface area contributed by atoms with Gasteiger partial charge in [0.15, 0.2) is 0 Å². The van der Waals surface area contributed by atoms with Gasteiger partial charge in [0.25, 0.3) is 0 Å². The third-order valence-electron chi connectivity index (χ3n) is 7.31. The first kappa shape index (κ1) is 55.7. The maximum atomic E-state index is 12.8. The van der Waals surface area contributed by atoms with Crippen LogP contribution in [0.4, 0.5) is 13.2 Å². The van der Waals surface area contributed by atoms with Crippen molar-refractivity contribution in [2.24, 2.45) is 0 Å². The molecule has 3 aromatic carbocycles. The molecule has 0 amide bonds. The number of phosphoric ester groups is 1. The summed E-state index contributed by atoms with van der Waals surface area (Å²) in [6, 6.07) is 14.1. The highest BCUT2D eigenvalue weighted by molar-refractivity contribution is 9.50. The van der Waals surface area contributed by atoms with Gasteiger partial charge in [-0.3, -0.25) is 28.7 Å². The summed E-state index contributed by atoms with van der Waals surface area (Å²) in [6.45, 7) is 14.1. The third-order valence-corrected chi connectivity index (χ3v) is 8.38. The Hall–Kier alpha value is -3.33. The van der Waals surface area contributed by atoms with Crippen LogP contribution >= 0.6 is 40.2 Å². The van der Waals surface area contributed by atoms with Gasteiger partial charge in [0.05, 0.1) is 0 Å². The number of phosphoric acid groups is 1. The predicted molar refractivity (Wildman–Crippen MR) is 238 cm³/mol. The molecule has 3 N–H and O–H groups in total. The van der Waals surface area contributed by atoms with E-state index >= 15 is 0 Å². The van der Waals surface area contributed by atoms with E-state index in [9.17, 15) is 36.7 Å². The summed E-state index contributed by atoms with van der Waals surface area (Å²) in [7, 11) is -6.12. The number of rotatable bonds is 16. The number of halogens is 4. The van der Waals surface area contributed by atoms with Crippen LogP contribution in [0.25, 0.3) is 0 Å². The fourth-order valence-corrected chi connectivity index (χ4v) is 6.03. The summed E-state index contributed by atoms with van der Waals surface area (Å²) in [5.41, 5.74) is 3.43. The first-order valence-corrected chi connectivity index (χ1v) is 25.6. The van der Waals surface area contributed by atoms with E-state index in [4.69, 9.17) is 30.3 Å². The first-order chi connectivity index (χ1) is 28.5. The van der Waals surface area contributed by atoms with E-state index in [1.54, 1.807) is 45.0 Å². The molecule has 3 rings (SSSR count). The number of aryl methyl sites for hydroxylation is 4. The van der Waals surface area contributed by atoms with Crippen LogP contribution < -0.4 is 9.05 Å². The fraction of sp³-hybridized carbons (Fsp3) is 0.500. The molecule has 61 heavy (non-hydrogen) atoms. The van der Waals surface area contributed by atoms with Crippen LogP contribution in [0.3, 0.4) is 0 Å². The van der Waals surface area contributed by atoms with Crippen molar-refractivity contribution in [3.63, 3.8) is 0 Å². The molecule has 0 saturated heterocycles. The SMILES string of the molecule is CC(C)(C)OC(=O)CCc1cc(CF)ccc1OP(C)(C)=O.Cc1ccc(CF)cc1CCC(=O)OC(C)(C)C.O=C(O)CCc1cc(CF)ccc1OP(=O)(O)O.[3H]CSBr. The Morgan fingerprint density at radius 1 is 0.689 bits per heavy atom. The predicted octanol–water partition coefficient (Wildman–Crippen LogP) is 11.4. The highest BCUT2D eigenvalue weighted by Crippen LogP contribution is 2.41. The monoisotopic (exact) mass is 988 g/mol. The zero-order valence-corrected chi connectivity index (χ0v) is 40.3. The molecule has 0 saturated carbocycles. The normalized spacial score (nSPS) is 11.6. The lowest BCUT2D eigenvalue weighted by atomic mass is 10.0. The van der Waals surface area contributed by atoms with E-state index < -0.39 is 52.4 Å². The molecule has 344 valence electrons. The van der Waals surface area contributed by atoms with Crippen LogP contribution in [0.5, 0.6) is 11.5 Å². The number of carbonyl (C=O) groups is 3. The van der Waals surface area contributed by atoms with Crippen LogP contribution in [-0.4, -0.2) is 63.6 Å². The summed E-state index contributed by atoms with van der Waals surface area (Å²) in [5, 5.41) is 8.56. The molecule has 19 heteroatoms. The summed E-state index contributed by atoms with van der Waals surface area (Å²) in [6.07, 6.45) is 1.58. The largest absolute Gasteiger partial charge is 0.524 e. The Labute approximate surface area is 371 Å². The number of ether oxygens (including phenoxy) is 2. The summed E-state index contributed by atoms with van der Waals surface area (Å²) < 4.78 is 87.1. The van der Waals surface area contributed by atoms with Gasteiger partial charge in [0.1, 0.15) is 42.7 Å². The second-order valence-electron chi connectivity index (χ2n) is 15.6. The Morgan fingerprint density at radius 2 is 1.05 bits per heavy atom. The van der Waals surface area contributed by atoms with Crippen LogP contribution in [-0.2, 0) is 72.3 Å². The third kappa shape index (κ3) is 28.8. The maximum absolute atomic E-state index is 12.8. The van der Waals surface area contributed by atoms with Crippen LogP contribution in [0.1, 0.15) is 101 Å². The van der Waals surface area contributed by atoms with Gasteiger partial charge in [-0.15, -0.1) is 0 Å².